The first-order valence-electron chi connectivity index (χ1n) is 16.2. The van der Waals surface area contributed by atoms with Crippen molar-refractivity contribution >= 4 is 28.1 Å². The standard InChI is InChI=1S/C44H29N3/c1-4-15-30(16-5-1)43-45-40-25-14-24-38-42(40)47(43)41-26-13-12-23-37(41)44(38)36-22-11-10-21-34(36)35-28-27-33(29-39(35)44)46(31-17-6-2-7-18-31)32-19-8-3-9-20-32/h1-29H. The van der Waals surface area contributed by atoms with E-state index in [4.69, 9.17) is 4.98 Å². The van der Waals surface area contributed by atoms with Gasteiger partial charge in [0.25, 0.3) is 0 Å². The third-order valence-electron chi connectivity index (χ3n) is 9.98. The predicted octanol–water partition coefficient (Wildman–Crippen LogP) is 10.8. The number of benzene rings is 7. The number of nitrogens with zero attached hydrogens (tertiary/aromatic N) is 3. The molecule has 1 aliphatic heterocycles. The molecule has 0 N–H and O–H groups in total. The van der Waals surface area contributed by atoms with Crippen molar-refractivity contribution in [3.05, 3.63) is 198 Å². The quantitative estimate of drug-likeness (QED) is 0.201. The van der Waals surface area contributed by atoms with Crippen molar-refractivity contribution in [2.45, 2.75) is 5.41 Å². The number of imidazole rings is 1. The highest BCUT2D eigenvalue weighted by Gasteiger charge is 2.51. The van der Waals surface area contributed by atoms with Crippen LogP contribution in [0.3, 0.4) is 0 Å². The van der Waals surface area contributed by atoms with Crippen LogP contribution in [0, 0.1) is 0 Å². The number of para-hydroxylation sites is 4. The molecule has 0 radical (unpaired) electrons. The minimum absolute atomic E-state index is 0.527. The molecule has 0 bridgehead atoms. The fraction of sp³-hybridized carbons (Fsp3) is 0.0227. The van der Waals surface area contributed by atoms with E-state index in [1.807, 2.05) is 0 Å². The Kier molecular flexibility index (Phi) is 5.49. The molecule has 10 rings (SSSR count). The summed E-state index contributed by atoms with van der Waals surface area (Å²) < 4.78 is 2.39. The minimum atomic E-state index is -0.527. The van der Waals surface area contributed by atoms with Crippen LogP contribution in [0.1, 0.15) is 22.3 Å². The maximum atomic E-state index is 5.30. The molecule has 2 aliphatic rings. The zero-order valence-electron chi connectivity index (χ0n) is 25.6. The molecule has 1 atom stereocenters. The minimum Gasteiger partial charge on any atom is -0.310 e. The number of fused-ring (bicyclic) bond motifs is 9. The van der Waals surface area contributed by atoms with E-state index in [0.29, 0.717) is 0 Å². The molecule has 0 amide bonds. The van der Waals surface area contributed by atoms with E-state index >= 15 is 0 Å². The lowest BCUT2D eigenvalue weighted by atomic mass is 9.65. The van der Waals surface area contributed by atoms with Gasteiger partial charge in [0.05, 0.1) is 22.1 Å². The summed E-state index contributed by atoms with van der Waals surface area (Å²) in [7, 11) is 0. The van der Waals surface area contributed by atoms with Crippen LogP contribution in [0.5, 0.6) is 0 Å². The Bertz CT molecular complexity index is 2420. The Morgan fingerprint density at radius 2 is 1.04 bits per heavy atom. The second-order valence-corrected chi connectivity index (χ2v) is 12.4. The van der Waals surface area contributed by atoms with Gasteiger partial charge in [-0.15, -0.1) is 0 Å². The predicted molar refractivity (Wildman–Crippen MR) is 192 cm³/mol. The van der Waals surface area contributed by atoms with Crippen molar-refractivity contribution in [3.63, 3.8) is 0 Å². The smallest absolute Gasteiger partial charge is 0.145 e. The lowest BCUT2D eigenvalue weighted by Gasteiger charge is -2.39. The van der Waals surface area contributed by atoms with Gasteiger partial charge < -0.3 is 4.90 Å². The Balaban J connectivity index is 1.32. The van der Waals surface area contributed by atoms with Gasteiger partial charge in [0.15, 0.2) is 0 Å². The Morgan fingerprint density at radius 1 is 0.447 bits per heavy atom. The third kappa shape index (κ3) is 3.54. The van der Waals surface area contributed by atoms with Crippen molar-refractivity contribution < 1.29 is 0 Å². The fourth-order valence-electron chi connectivity index (χ4n) is 8.16. The molecular formula is C44H29N3. The highest BCUT2D eigenvalue weighted by molar-refractivity contribution is 5.98. The van der Waals surface area contributed by atoms with E-state index in [1.165, 1.54) is 44.6 Å². The summed E-state index contributed by atoms with van der Waals surface area (Å²) in [5.41, 5.74) is 15.0. The molecule has 47 heavy (non-hydrogen) atoms. The van der Waals surface area contributed by atoms with Crippen molar-refractivity contribution in [1.29, 1.82) is 0 Å². The molecule has 220 valence electrons. The maximum absolute atomic E-state index is 5.30. The van der Waals surface area contributed by atoms with Crippen LogP contribution in [-0.4, -0.2) is 9.55 Å². The topological polar surface area (TPSA) is 21.1 Å². The van der Waals surface area contributed by atoms with Crippen LogP contribution >= 0.6 is 0 Å². The lowest BCUT2D eigenvalue weighted by molar-refractivity contribution is 0.746. The number of anilines is 3. The van der Waals surface area contributed by atoms with Crippen LogP contribution in [0.2, 0.25) is 0 Å². The van der Waals surface area contributed by atoms with Gasteiger partial charge in [-0.2, -0.15) is 0 Å². The van der Waals surface area contributed by atoms with Crippen molar-refractivity contribution in [2.75, 3.05) is 4.90 Å². The van der Waals surface area contributed by atoms with Crippen molar-refractivity contribution in [1.82, 2.24) is 9.55 Å². The summed E-state index contributed by atoms with van der Waals surface area (Å²) in [5.74, 6) is 0.968. The summed E-state index contributed by atoms with van der Waals surface area (Å²) in [4.78, 5) is 7.66. The zero-order chi connectivity index (χ0) is 31.0. The van der Waals surface area contributed by atoms with Crippen LogP contribution in [0.25, 0.3) is 39.2 Å². The summed E-state index contributed by atoms with van der Waals surface area (Å²) in [6.45, 7) is 0. The normalized spacial score (nSPS) is 15.3. The number of aromatic nitrogens is 2. The Morgan fingerprint density at radius 3 is 1.79 bits per heavy atom. The first kappa shape index (κ1) is 26.1. The molecule has 0 fully saturated rings. The zero-order valence-corrected chi connectivity index (χ0v) is 25.6. The molecule has 2 heterocycles. The Labute approximate surface area is 273 Å². The number of rotatable bonds is 4. The highest BCUT2D eigenvalue weighted by Crippen LogP contribution is 2.61. The van der Waals surface area contributed by atoms with Crippen LogP contribution in [0.4, 0.5) is 17.1 Å². The van der Waals surface area contributed by atoms with Crippen molar-refractivity contribution in [2.24, 2.45) is 0 Å². The molecule has 0 saturated carbocycles. The molecule has 8 aromatic rings. The maximum Gasteiger partial charge on any atom is 0.145 e. The van der Waals surface area contributed by atoms with Crippen molar-refractivity contribution in [3.8, 4) is 28.2 Å². The van der Waals surface area contributed by atoms with Gasteiger partial charge in [-0.25, -0.2) is 4.98 Å². The average molecular weight is 600 g/mol. The number of hydrogen-bond acceptors (Lipinski definition) is 2. The molecule has 1 unspecified atom stereocenters. The molecule has 1 aliphatic carbocycles. The van der Waals surface area contributed by atoms with Gasteiger partial charge in [0, 0.05) is 22.6 Å². The lowest BCUT2D eigenvalue weighted by Crippen LogP contribution is -2.33. The van der Waals surface area contributed by atoms with Crippen LogP contribution in [0.15, 0.2) is 176 Å². The molecular weight excluding hydrogens is 571 g/mol. The first-order chi connectivity index (χ1) is 23.3. The second kappa shape index (κ2) is 9.90. The first-order valence-corrected chi connectivity index (χ1v) is 16.2. The summed E-state index contributed by atoms with van der Waals surface area (Å²) in [5, 5.41) is 0. The third-order valence-corrected chi connectivity index (χ3v) is 9.98. The van der Waals surface area contributed by atoms with E-state index in [1.54, 1.807) is 0 Å². The average Bonchev–Trinajstić information content (AvgIpc) is 3.67. The summed E-state index contributed by atoms with van der Waals surface area (Å²) in [6, 6.07) is 63.6. The largest absolute Gasteiger partial charge is 0.310 e. The van der Waals surface area contributed by atoms with Crippen LogP contribution in [-0.2, 0) is 5.41 Å². The van der Waals surface area contributed by atoms with Gasteiger partial charge >= 0.3 is 0 Å². The van der Waals surface area contributed by atoms with E-state index in [9.17, 15) is 0 Å². The molecule has 3 nitrogen and oxygen atoms in total. The van der Waals surface area contributed by atoms with Gasteiger partial charge in [0.1, 0.15) is 5.82 Å². The summed E-state index contributed by atoms with van der Waals surface area (Å²) in [6.07, 6.45) is 0. The van der Waals surface area contributed by atoms with Gasteiger partial charge in [-0.1, -0.05) is 127 Å². The van der Waals surface area contributed by atoms with Gasteiger partial charge in [-0.3, -0.25) is 4.57 Å². The van der Waals surface area contributed by atoms with Gasteiger partial charge in [-0.05, 0) is 81.9 Å². The van der Waals surface area contributed by atoms with Crippen LogP contribution < -0.4 is 4.90 Å². The molecule has 0 saturated heterocycles. The van der Waals surface area contributed by atoms with E-state index in [0.717, 1.165) is 34.0 Å². The van der Waals surface area contributed by atoms with Gasteiger partial charge in [0.2, 0.25) is 0 Å². The monoisotopic (exact) mass is 599 g/mol. The van der Waals surface area contributed by atoms with E-state index in [-0.39, 0.29) is 0 Å². The molecule has 3 heteroatoms. The summed E-state index contributed by atoms with van der Waals surface area (Å²) >= 11 is 0. The van der Waals surface area contributed by atoms with E-state index < -0.39 is 5.41 Å². The molecule has 7 aromatic carbocycles. The molecule has 1 spiro atoms. The number of hydrogen-bond donors (Lipinski definition) is 0. The molecule has 1 aromatic heterocycles. The Hall–Kier alpha value is -6.19. The SMILES string of the molecule is c1ccc(-c2nc3cccc4c3n2-c2ccccc2C42c3ccccc3-c3ccc(N(c4ccccc4)c4ccccc4)cc32)cc1. The highest BCUT2D eigenvalue weighted by atomic mass is 15.1. The fourth-order valence-corrected chi connectivity index (χ4v) is 8.16. The second-order valence-electron chi connectivity index (χ2n) is 12.4. The van der Waals surface area contributed by atoms with E-state index in [2.05, 4.69) is 185 Å².